The van der Waals surface area contributed by atoms with Gasteiger partial charge in [0, 0.05) is 37.3 Å². The number of aromatic amines is 1. The SMILES string of the molecule is CO[C@@H]1[C@H](O)[C@@H](CO)C[C@H]1c1c[nH]c2c(C)ncnc12. The normalized spacial score (nSPS) is 30.2. The van der Waals surface area contributed by atoms with Crippen LogP contribution in [0.15, 0.2) is 12.5 Å². The zero-order chi connectivity index (χ0) is 14.3. The van der Waals surface area contributed by atoms with Gasteiger partial charge >= 0.3 is 0 Å². The molecule has 2 aromatic heterocycles. The summed E-state index contributed by atoms with van der Waals surface area (Å²) < 4.78 is 5.45. The van der Waals surface area contributed by atoms with Crippen LogP contribution in [0.25, 0.3) is 11.0 Å². The Hall–Kier alpha value is -1.50. The van der Waals surface area contributed by atoms with Crippen LogP contribution in [-0.2, 0) is 4.74 Å². The van der Waals surface area contributed by atoms with E-state index in [9.17, 15) is 10.2 Å². The summed E-state index contributed by atoms with van der Waals surface area (Å²) in [5, 5.41) is 19.6. The Morgan fingerprint density at radius 2 is 2.25 bits per heavy atom. The third-order valence-electron chi connectivity index (χ3n) is 4.36. The molecule has 3 rings (SSSR count). The minimum Gasteiger partial charge on any atom is -0.396 e. The summed E-state index contributed by atoms with van der Waals surface area (Å²) >= 11 is 0. The van der Waals surface area contributed by atoms with E-state index in [0.29, 0.717) is 6.42 Å². The van der Waals surface area contributed by atoms with Crippen LogP contribution in [0.2, 0.25) is 0 Å². The number of rotatable bonds is 3. The molecule has 3 N–H and O–H groups in total. The van der Waals surface area contributed by atoms with Crippen molar-refractivity contribution in [2.75, 3.05) is 13.7 Å². The van der Waals surface area contributed by atoms with Gasteiger partial charge in [-0.25, -0.2) is 9.97 Å². The molecule has 6 heteroatoms. The van der Waals surface area contributed by atoms with Crippen LogP contribution >= 0.6 is 0 Å². The molecule has 0 spiro atoms. The molecule has 0 amide bonds. The zero-order valence-electron chi connectivity index (χ0n) is 11.6. The molecule has 1 aliphatic carbocycles. The molecule has 4 atom stereocenters. The van der Waals surface area contributed by atoms with Crippen LogP contribution in [0.1, 0.15) is 23.6 Å². The molecule has 0 aliphatic heterocycles. The van der Waals surface area contributed by atoms with Crippen molar-refractivity contribution >= 4 is 11.0 Å². The minimum absolute atomic E-state index is 0.0233. The van der Waals surface area contributed by atoms with Gasteiger partial charge in [0.1, 0.15) is 6.33 Å². The largest absolute Gasteiger partial charge is 0.396 e. The zero-order valence-corrected chi connectivity index (χ0v) is 11.6. The van der Waals surface area contributed by atoms with Gasteiger partial charge in [-0.15, -0.1) is 0 Å². The summed E-state index contributed by atoms with van der Waals surface area (Å²) in [5.41, 5.74) is 3.70. The lowest BCUT2D eigenvalue weighted by Gasteiger charge is -2.20. The number of aliphatic hydroxyl groups is 2. The number of nitrogens with zero attached hydrogens (tertiary/aromatic N) is 2. The van der Waals surface area contributed by atoms with Crippen molar-refractivity contribution in [2.24, 2.45) is 5.92 Å². The Bertz CT molecular complexity index is 613. The third-order valence-corrected chi connectivity index (χ3v) is 4.36. The maximum Gasteiger partial charge on any atom is 0.116 e. The highest BCUT2D eigenvalue weighted by Crippen LogP contribution is 2.42. The van der Waals surface area contributed by atoms with Gasteiger partial charge in [0.25, 0.3) is 0 Å². The Labute approximate surface area is 116 Å². The van der Waals surface area contributed by atoms with Gasteiger partial charge in [-0.3, -0.25) is 0 Å². The molecule has 108 valence electrons. The molecule has 0 radical (unpaired) electrons. The number of aryl methyl sites for hydroxylation is 1. The van der Waals surface area contributed by atoms with Crippen molar-refractivity contribution in [1.29, 1.82) is 0 Å². The van der Waals surface area contributed by atoms with Gasteiger partial charge in [0.2, 0.25) is 0 Å². The van der Waals surface area contributed by atoms with Crippen LogP contribution in [0.5, 0.6) is 0 Å². The Morgan fingerprint density at radius 1 is 1.45 bits per heavy atom. The van der Waals surface area contributed by atoms with E-state index in [1.54, 1.807) is 13.4 Å². The Kier molecular flexibility index (Phi) is 3.45. The highest BCUT2D eigenvalue weighted by molar-refractivity contribution is 5.81. The fraction of sp³-hybridized carbons (Fsp3) is 0.571. The summed E-state index contributed by atoms with van der Waals surface area (Å²) in [6.07, 6.45) is 3.18. The molecule has 0 bridgehead atoms. The number of aliphatic hydroxyl groups excluding tert-OH is 2. The van der Waals surface area contributed by atoms with E-state index in [0.717, 1.165) is 22.3 Å². The molecule has 1 saturated carbocycles. The molecule has 2 heterocycles. The average molecular weight is 277 g/mol. The predicted molar refractivity (Wildman–Crippen MR) is 73.4 cm³/mol. The third kappa shape index (κ3) is 1.91. The number of ether oxygens (including phenoxy) is 1. The van der Waals surface area contributed by atoms with Gasteiger partial charge in [-0.2, -0.15) is 0 Å². The molecule has 1 aliphatic rings. The predicted octanol–water partition coefficient (Wildman–Crippen LogP) is 0.738. The van der Waals surface area contributed by atoms with Crippen molar-refractivity contribution in [2.45, 2.75) is 31.5 Å². The van der Waals surface area contributed by atoms with E-state index in [4.69, 9.17) is 4.74 Å². The quantitative estimate of drug-likeness (QED) is 0.769. The first-order chi connectivity index (χ1) is 9.67. The average Bonchev–Trinajstić information content (AvgIpc) is 3.00. The summed E-state index contributed by atoms with van der Waals surface area (Å²) in [7, 11) is 1.59. The van der Waals surface area contributed by atoms with Crippen molar-refractivity contribution < 1.29 is 14.9 Å². The van der Waals surface area contributed by atoms with Crippen molar-refractivity contribution in [1.82, 2.24) is 15.0 Å². The number of nitrogens with one attached hydrogen (secondary N) is 1. The number of H-pyrrole nitrogens is 1. The van der Waals surface area contributed by atoms with Crippen LogP contribution in [0.4, 0.5) is 0 Å². The smallest absolute Gasteiger partial charge is 0.116 e. The first-order valence-corrected chi connectivity index (χ1v) is 6.77. The Morgan fingerprint density at radius 3 is 2.95 bits per heavy atom. The molecule has 1 fully saturated rings. The molecule has 0 aromatic carbocycles. The Balaban J connectivity index is 2.04. The maximum absolute atomic E-state index is 10.2. The van der Waals surface area contributed by atoms with Gasteiger partial charge < -0.3 is 19.9 Å². The molecule has 2 aromatic rings. The fourth-order valence-electron chi connectivity index (χ4n) is 3.26. The number of methoxy groups -OCH3 is 1. The van der Waals surface area contributed by atoms with E-state index in [2.05, 4.69) is 15.0 Å². The summed E-state index contributed by atoms with van der Waals surface area (Å²) in [6.45, 7) is 1.89. The standard InChI is InChI=1S/C14H19N3O3/c1-7-11-12(17-6-16-7)10(4-15-11)9-3-8(5-18)13(19)14(9)20-2/h4,6,8-9,13-15,18-19H,3,5H2,1-2H3/t8-,9+,13-,14+/m1/s1. The molecular formula is C14H19N3O3. The van der Waals surface area contributed by atoms with Gasteiger partial charge in [-0.05, 0) is 13.3 Å². The topological polar surface area (TPSA) is 91.3 Å². The number of hydrogen-bond acceptors (Lipinski definition) is 5. The van der Waals surface area contributed by atoms with E-state index in [1.165, 1.54) is 0 Å². The fourth-order valence-corrected chi connectivity index (χ4v) is 3.26. The second-order valence-corrected chi connectivity index (χ2v) is 5.40. The summed E-state index contributed by atoms with van der Waals surface area (Å²) in [6, 6.07) is 0. The van der Waals surface area contributed by atoms with E-state index >= 15 is 0 Å². The van der Waals surface area contributed by atoms with Gasteiger partial charge in [0.05, 0.1) is 28.9 Å². The van der Waals surface area contributed by atoms with Crippen molar-refractivity contribution in [3.05, 3.63) is 23.8 Å². The highest BCUT2D eigenvalue weighted by Gasteiger charge is 2.44. The molecule has 20 heavy (non-hydrogen) atoms. The van der Waals surface area contributed by atoms with Crippen LogP contribution in [0.3, 0.4) is 0 Å². The second kappa shape index (κ2) is 5.12. The minimum atomic E-state index is -0.650. The molecule has 0 saturated heterocycles. The lowest BCUT2D eigenvalue weighted by atomic mass is 9.96. The molecular weight excluding hydrogens is 258 g/mol. The molecule has 6 nitrogen and oxygen atoms in total. The van der Waals surface area contributed by atoms with Crippen molar-refractivity contribution in [3.8, 4) is 0 Å². The monoisotopic (exact) mass is 277 g/mol. The first-order valence-electron chi connectivity index (χ1n) is 6.77. The first kappa shape index (κ1) is 13.5. The molecule has 0 unspecified atom stereocenters. The number of hydrogen-bond donors (Lipinski definition) is 3. The lowest BCUT2D eigenvalue weighted by molar-refractivity contribution is -0.0225. The van der Waals surface area contributed by atoms with Crippen LogP contribution in [0, 0.1) is 12.8 Å². The van der Waals surface area contributed by atoms with Crippen LogP contribution < -0.4 is 0 Å². The van der Waals surface area contributed by atoms with E-state index in [1.807, 2.05) is 13.1 Å². The van der Waals surface area contributed by atoms with Gasteiger partial charge in [0.15, 0.2) is 0 Å². The summed E-state index contributed by atoms with van der Waals surface area (Å²) in [5.74, 6) is -0.131. The maximum atomic E-state index is 10.2. The second-order valence-electron chi connectivity index (χ2n) is 5.40. The highest BCUT2D eigenvalue weighted by atomic mass is 16.5. The van der Waals surface area contributed by atoms with Crippen LogP contribution in [-0.4, -0.2) is 51.1 Å². The van der Waals surface area contributed by atoms with E-state index < -0.39 is 6.10 Å². The number of fused-ring (bicyclic) bond motifs is 1. The lowest BCUT2D eigenvalue weighted by Crippen LogP contribution is -2.30. The number of aromatic nitrogens is 3. The van der Waals surface area contributed by atoms with E-state index in [-0.39, 0.29) is 24.5 Å². The van der Waals surface area contributed by atoms with Gasteiger partial charge in [-0.1, -0.05) is 0 Å². The van der Waals surface area contributed by atoms with Crippen molar-refractivity contribution in [3.63, 3.8) is 0 Å². The summed E-state index contributed by atoms with van der Waals surface area (Å²) in [4.78, 5) is 11.7.